The third kappa shape index (κ3) is 6.66. The summed E-state index contributed by atoms with van der Waals surface area (Å²) in [6.07, 6.45) is 2.43. The van der Waals surface area contributed by atoms with Crippen LogP contribution in [0.4, 0.5) is 0 Å². The summed E-state index contributed by atoms with van der Waals surface area (Å²) in [6.45, 7) is 1.60. The van der Waals surface area contributed by atoms with Crippen molar-refractivity contribution in [1.29, 1.82) is 0 Å². The van der Waals surface area contributed by atoms with Crippen LogP contribution in [0.3, 0.4) is 0 Å². The zero-order valence-corrected chi connectivity index (χ0v) is 15.5. The molecule has 136 valence electrons. The number of hydrogen-bond donors (Lipinski definition) is 2. The van der Waals surface area contributed by atoms with Crippen LogP contribution >= 0.6 is 11.6 Å². The van der Waals surface area contributed by atoms with Crippen LogP contribution in [-0.2, 0) is 16.4 Å². The van der Waals surface area contributed by atoms with Crippen LogP contribution in [0.2, 0.25) is 5.02 Å². The summed E-state index contributed by atoms with van der Waals surface area (Å²) < 4.78 is 32.7. The molecule has 0 saturated carbocycles. The minimum Gasteiger partial charge on any atom is -0.494 e. The molecule has 0 atom stereocenters. The van der Waals surface area contributed by atoms with E-state index >= 15 is 0 Å². The lowest BCUT2D eigenvalue weighted by Gasteiger charge is -2.09. The highest BCUT2D eigenvalue weighted by Crippen LogP contribution is 2.16. The van der Waals surface area contributed by atoms with Gasteiger partial charge < -0.3 is 10.5 Å². The van der Waals surface area contributed by atoms with E-state index in [1.807, 2.05) is 24.3 Å². The first-order valence-corrected chi connectivity index (χ1v) is 10.0. The van der Waals surface area contributed by atoms with E-state index < -0.39 is 10.0 Å². The largest absolute Gasteiger partial charge is 0.494 e. The van der Waals surface area contributed by atoms with Gasteiger partial charge in [-0.15, -0.1) is 0 Å². The molecule has 0 amide bonds. The predicted molar refractivity (Wildman–Crippen MR) is 101 cm³/mol. The summed E-state index contributed by atoms with van der Waals surface area (Å²) in [7, 11) is -3.53. The molecule has 0 aromatic heterocycles. The normalized spacial score (nSPS) is 11.4. The molecule has 2 aromatic carbocycles. The molecule has 0 bridgehead atoms. The highest BCUT2D eigenvalue weighted by atomic mass is 35.5. The summed E-state index contributed by atoms with van der Waals surface area (Å²) >= 11 is 5.78. The van der Waals surface area contributed by atoms with Crippen LogP contribution in [0.1, 0.15) is 18.4 Å². The molecule has 0 unspecified atom stereocenters. The lowest BCUT2D eigenvalue weighted by molar-refractivity contribution is 0.307. The SMILES string of the molecule is NCCCCOc1cccc(CCNS(=O)(=O)c2ccc(Cl)cc2)c1. The van der Waals surface area contributed by atoms with Crippen LogP contribution < -0.4 is 15.2 Å². The molecular formula is C18H23ClN2O3S. The van der Waals surface area contributed by atoms with Crippen molar-refractivity contribution in [1.82, 2.24) is 4.72 Å². The fraction of sp³-hybridized carbons (Fsp3) is 0.333. The van der Waals surface area contributed by atoms with Crippen molar-refractivity contribution >= 4 is 21.6 Å². The summed E-state index contributed by atoms with van der Waals surface area (Å²) in [5.41, 5.74) is 6.46. The van der Waals surface area contributed by atoms with Crippen LogP contribution in [0.5, 0.6) is 5.75 Å². The van der Waals surface area contributed by atoms with Crippen molar-refractivity contribution in [2.75, 3.05) is 19.7 Å². The Bertz CT molecular complexity index is 764. The first-order valence-electron chi connectivity index (χ1n) is 8.18. The van der Waals surface area contributed by atoms with Crippen molar-refractivity contribution in [2.45, 2.75) is 24.2 Å². The van der Waals surface area contributed by atoms with Crippen molar-refractivity contribution in [2.24, 2.45) is 5.73 Å². The number of unbranched alkanes of at least 4 members (excludes halogenated alkanes) is 1. The number of sulfonamides is 1. The van der Waals surface area contributed by atoms with Gasteiger partial charge >= 0.3 is 0 Å². The molecular weight excluding hydrogens is 360 g/mol. The summed E-state index contributed by atoms with van der Waals surface area (Å²) in [6, 6.07) is 13.8. The molecule has 0 aliphatic carbocycles. The Hall–Kier alpha value is -1.60. The van der Waals surface area contributed by atoms with Gasteiger partial charge in [-0.3, -0.25) is 0 Å². The highest BCUT2D eigenvalue weighted by molar-refractivity contribution is 7.89. The number of halogens is 1. The zero-order chi connectivity index (χ0) is 18.1. The number of nitrogens with two attached hydrogens (primary N) is 1. The molecule has 0 aliphatic heterocycles. The third-order valence-corrected chi connectivity index (χ3v) is 5.32. The van der Waals surface area contributed by atoms with Gasteiger partial charge in [0.1, 0.15) is 5.75 Å². The standard InChI is InChI=1S/C18H23ClN2O3S/c19-16-6-8-18(9-7-16)25(22,23)21-12-10-15-4-3-5-17(14-15)24-13-2-1-11-20/h3-9,14,21H,1-2,10-13,20H2. The van der Waals surface area contributed by atoms with Gasteiger partial charge in [-0.1, -0.05) is 23.7 Å². The summed E-state index contributed by atoms with van der Waals surface area (Å²) in [5, 5.41) is 0.502. The van der Waals surface area contributed by atoms with Crippen molar-refractivity contribution < 1.29 is 13.2 Å². The fourth-order valence-electron chi connectivity index (χ4n) is 2.25. The van der Waals surface area contributed by atoms with Gasteiger partial charge in [0.05, 0.1) is 11.5 Å². The molecule has 25 heavy (non-hydrogen) atoms. The molecule has 0 radical (unpaired) electrons. The second-order valence-corrected chi connectivity index (χ2v) is 7.80. The average molecular weight is 383 g/mol. The molecule has 0 spiro atoms. The third-order valence-electron chi connectivity index (χ3n) is 3.60. The molecule has 2 rings (SSSR count). The Morgan fingerprint density at radius 2 is 1.84 bits per heavy atom. The van der Waals surface area contributed by atoms with E-state index in [0.29, 0.717) is 31.1 Å². The molecule has 3 N–H and O–H groups in total. The van der Waals surface area contributed by atoms with E-state index in [0.717, 1.165) is 24.2 Å². The maximum Gasteiger partial charge on any atom is 0.240 e. The van der Waals surface area contributed by atoms with E-state index in [1.54, 1.807) is 12.1 Å². The summed E-state index contributed by atoms with van der Waals surface area (Å²) in [5.74, 6) is 0.787. The van der Waals surface area contributed by atoms with Gasteiger partial charge in [0.25, 0.3) is 0 Å². The Labute approximate surface area is 154 Å². The van der Waals surface area contributed by atoms with Gasteiger partial charge in [0, 0.05) is 11.6 Å². The Kier molecular flexibility index (Phi) is 7.71. The highest BCUT2D eigenvalue weighted by Gasteiger charge is 2.12. The lowest BCUT2D eigenvalue weighted by atomic mass is 10.1. The number of benzene rings is 2. The minimum absolute atomic E-state index is 0.203. The number of ether oxygens (including phenoxy) is 1. The molecule has 2 aromatic rings. The topological polar surface area (TPSA) is 81.4 Å². The summed E-state index contributed by atoms with van der Waals surface area (Å²) in [4.78, 5) is 0.203. The zero-order valence-electron chi connectivity index (χ0n) is 13.9. The number of rotatable bonds is 10. The van der Waals surface area contributed by atoms with Crippen molar-refractivity contribution in [3.8, 4) is 5.75 Å². The molecule has 5 nitrogen and oxygen atoms in total. The maximum atomic E-state index is 12.2. The Morgan fingerprint density at radius 1 is 1.08 bits per heavy atom. The van der Waals surface area contributed by atoms with E-state index in [-0.39, 0.29) is 4.90 Å². The van der Waals surface area contributed by atoms with Gasteiger partial charge in [-0.25, -0.2) is 13.1 Å². The van der Waals surface area contributed by atoms with Crippen molar-refractivity contribution in [3.63, 3.8) is 0 Å². The second-order valence-electron chi connectivity index (χ2n) is 5.59. The molecule has 0 aliphatic rings. The quantitative estimate of drug-likeness (QED) is 0.619. The smallest absolute Gasteiger partial charge is 0.240 e. The molecule has 0 heterocycles. The Morgan fingerprint density at radius 3 is 2.56 bits per heavy atom. The van der Waals surface area contributed by atoms with E-state index in [2.05, 4.69) is 4.72 Å². The lowest BCUT2D eigenvalue weighted by Crippen LogP contribution is -2.25. The van der Waals surface area contributed by atoms with E-state index in [9.17, 15) is 8.42 Å². The molecule has 0 saturated heterocycles. The van der Waals surface area contributed by atoms with Crippen LogP contribution in [0, 0.1) is 0 Å². The van der Waals surface area contributed by atoms with E-state index in [4.69, 9.17) is 22.1 Å². The number of nitrogens with one attached hydrogen (secondary N) is 1. The molecule has 0 fully saturated rings. The average Bonchev–Trinajstić information content (AvgIpc) is 2.59. The Balaban J connectivity index is 1.85. The van der Waals surface area contributed by atoms with Crippen LogP contribution in [0.25, 0.3) is 0 Å². The first kappa shape index (κ1) is 19.7. The minimum atomic E-state index is -3.53. The fourth-order valence-corrected chi connectivity index (χ4v) is 3.41. The number of hydrogen-bond acceptors (Lipinski definition) is 4. The maximum absolute atomic E-state index is 12.2. The van der Waals surface area contributed by atoms with Crippen LogP contribution in [0.15, 0.2) is 53.4 Å². The van der Waals surface area contributed by atoms with Gasteiger partial charge in [-0.05, 0) is 67.8 Å². The molecule has 7 heteroatoms. The van der Waals surface area contributed by atoms with Crippen LogP contribution in [-0.4, -0.2) is 28.1 Å². The monoisotopic (exact) mass is 382 g/mol. The van der Waals surface area contributed by atoms with Gasteiger partial charge in [0.15, 0.2) is 0 Å². The van der Waals surface area contributed by atoms with Gasteiger partial charge in [-0.2, -0.15) is 0 Å². The second kappa shape index (κ2) is 9.77. The van der Waals surface area contributed by atoms with Gasteiger partial charge in [0.2, 0.25) is 10.0 Å². The van der Waals surface area contributed by atoms with Crippen molar-refractivity contribution in [3.05, 3.63) is 59.1 Å². The van der Waals surface area contributed by atoms with E-state index in [1.165, 1.54) is 12.1 Å². The first-order chi connectivity index (χ1) is 12.0. The predicted octanol–water partition coefficient (Wildman–Crippen LogP) is 2.98.